The summed E-state index contributed by atoms with van der Waals surface area (Å²) in [6, 6.07) is 0. The normalized spacial score (nSPS) is 16.7. The van der Waals surface area contributed by atoms with Gasteiger partial charge < -0.3 is 15.2 Å². The summed E-state index contributed by atoms with van der Waals surface area (Å²) in [5.41, 5.74) is -0.747. The lowest BCUT2D eigenvalue weighted by Gasteiger charge is -2.35. The summed E-state index contributed by atoms with van der Waals surface area (Å²) in [7, 11) is 1.60. The van der Waals surface area contributed by atoms with E-state index in [0.717, 1.165) is 6.42 Å². The van der Waals surface area contributed by atoms with Crippen LogP contribution in [0.4, 0.5) is 5.69 Å². The van der Waals surface area contributed by atoms with Gasteiger partial charge >= 0.3 is 5.97 Å². The number of nitrogens with one attached hydrogen (secondary N) is 1. The number of aromatic nitrogens is 2. The van der Waals surface area contributed by atoms with E-state index in [2.05, 4.69) is 10.4 Å². The maximum atomic E-state index is 12.0. The van der Waals surface area contributed by atoms with Crippen LogP contribution in [0.3, 0.4) is 0 Å². The average Bonchev–Trinajstić information content (AvgIpc) is 2.71. The van der Waals surface area contributed by atoms with Gasteiger partial charge in [0.15, 0.2) is 0 Å². The van der Waals surface area contributed by atoms with Crippen molar-refractivity contribution in [3.05, 3.63) is 12.4 Å². The second kappa shape index (κ2) is 5.40. The summed E-state index contributed by atoms with van der Waals surface area (Å²) in [5, 5.41) is 15.8. The van der Waals surface area contributed by atoms with Crippen molar-refractivity contribution in [1.82, 2.24) is 9.78 Å². The van der Waals surface area contributed by atoms with Gasteiger partial charge in [0.1, 0.15) is 5.41 Å². The molecule has 0 unspecified atom stereocenters. The number of carbonyl (C=O) groups is 2. The molecule has 7 nitrogen and oxygen atoms in total. The van der Waals surface area contributed by atoms with Crippen LogP contribution in [-0.4, -0.2) is 40.5 Å². The van der Waals surface area contributed by atoms with Crippen molar-refractivity contribution in [3.63, 3.8) is 0 Å². The number of methoxy groups -OCH3 is 1. The first-order valence-electron chi connectivity index (χ1n) is 6.15. The van der Waals surface area contributed by atoms with E-state index in [1.807, 2.05) is 0 Å². The molecule has 1 amide bonds. The summed E-state index contributed by atoms with van der Waals surface area (Å²) < 4.78 is 6.55. The van der Waals surface area contributed by atoms with Crippen LogP contribution in [0.2, 0.25) is 0 Å². The molecule has 0 aromatic carbocycles. The van der Waals surface area contributed by atoms with Gasteiger partial charge in [0.25, 0.3) is 0 Å². The zero-order valence-electron chi connectivity index (χ0n) is 10.8. The van der Waals surface area contributed by atoms with Gasteiger partial charge in [0, 0.05) is 13.3 Å². The highest BCUT2D eigenvalue weighted by molar-refractivity contribution is 6.09. The Balaban J connectivity index is 1.99. The van der Waals surface area contributed by atoms with Gasteiger partial charge in [-0.1, -0.05) is 6.42 Å². The van der Waals surface area contributed by atoms with Gasteiger partial charge in [-0.15, -0.1) is 0 Å². The quantitative estimate of drug-likeness (QED) is 0.741. The zero-order chi connectivity index (χ0) is 13.9. The molecule has 1 saturated carbocycles. The maximum Gasteiger partial charge on any atom is 0.319 e. The van der Waals surface area contributed by atoms with E-state index in [-0.39, 0.29) is 0 Å². The first-order valence-corrected chi connectivity index (χ1v) is 6.15. The van der Waals surface area contributed by atoms with Crippen molar-refractivity contribution in [2.75, 3.05) is 19.0 Å². The molecular formula is C12H17N3O4. The molecule has 104 valence electrons. The molecule has 0 spiro atoms. The summed E-state index contributed by atoms with van der Waals surface area (Å²) in [5.74, 6) is -1.51. The number of carbonyl (C=O) groups excluding carboxylic acids is 1. The van der Waals surface area contributed by atoms with E-state index in [0.29, 0.717) is 31.7 Å². The molecular weight excluding hydrogens is 250 g/mol. The Kier molecular flexibility index (Phi) is 3.84. The van der Waals surface area contributed by atoms with Crippen molar-refractivity contribution in [2.45, 2.75) is 25.8 Å². The van der Waals surface area contributed by atoms with E-state index in [1.54, 1.807) is 18.0 Å². The smallest absolute Gasteiger partial charge is 0.319 e. The van der Waals surface area contributed by atoms with Gasteiger partial charge in [0.2, 0.25) is 5.91 Å². The van der Waals surface area contributed by atoms with Crippen LogP contribution in [0.1, 0.15) is 19.3 Å². The zero-order valence-corrected chi connectivity index (χ0v) is 10.8. The minimum absolute atomic E-state index is 0.395. The SMILES string of the molecule is COCCn1cc(NC(=O)C2(C(=O)O)CCC2)cn1. The number of amides is 1. The number of rotatable bonds is 6. The van der Waals surface area contributed by atoms with Crippen molar-refractivity contribution in [1.29, 1.82) is 0 Å². The number of carboxylic acid groups (broad SMARTS) is 1. The number of hydrogen-bond donors (Lipinski definition) is 2. The molecule has 1 aromatic heterocycles. The fourth-order valence-corrected chi connectivity index (χ4v) is 2.05. The van der Waals surface area contributed by atoms with Crippen LogP contribution in [0.25, 0.3) is 0 Å². The second-order valence-corrected chi connectivity index (χ2v) is 4.68. The number of carboxylic acids is 1. The highest BCUT2D eigenvalue weighted by Gasteiger charge is 2.51. The molecule has 1 aromatic rings. The number of nitrogens with zero attached hydrogens (tertiary/aromatic N) is 2. The molecule has 19 heavy (non-hydrogen) atoms. The molecule has 2 N–H and O–H groups in total. The number of anilines is 1. The third-order valence-electron chi connectivity index (χ3n) is 3.47. The lowest BCUT2D eigenvalue weighted by atomic mass is 9.68. The largest absolute Gasteiger partial charge is 0.480 e. The third kappa shape index (κ3) is 2.60. The van der Waals surface area contributed by atoms with Gasteiger partial charge in [-0.05, 0) is 12.8 Å². The van der Waals surface area contributed by atoms with E-state index >= 15 is 0 Å². The molecule has 2 rings (SSSR count). The number of ether oxygens (including phenoxy) is 1. The summed E-state index contributed by atoms with van der Waals surface area (Å²) in [6.07, 6.45) is 4.72. The monoisotopic (exact) mass is 267 g/mol. The lowest BCUT2D eigenvalue weighted by molar-refractivity contribution is -0.159. The molecule has 1 aliphatic rings. The van der Waals surface area contributed by atoms with Gasteiger partial charge in [-0.25, -0.2) is 0 Å². The van der Waals surface area contributed by atoms with Crippen LogP contribution >= 0.6 is 0 Å². The van der Waals surface area contributed by atoms with E-state index in [4.69, 9.17) is 9.84 Å². The van der Waals surface area contributed by atoms with E-state index in [9.17, 15) is 9.59 Å². The topological polar surface area (TPSA) is 93.5 Å². The van der Waals surface area contributed by atoms with Crippen molar-refractivity contribution in [3.8, 4) is 0 Å². The van der Waals surface area contributed by atoms with E-state index in [1.165, 1.54) is 6.20 Å². The van der Waals surface area contributed by atoms with Gasteiger partial charge in [0.05, 0.1) is 25.0 Å². The fraction of sp³-hybridized carbons (Fsp3) is 0.583. The molecule has 7 heteroatoms. The maximum absolute atomic E-state index is 12.0. The van der Waals surface area contributed by atoms with Crippen LogP contribution < -0.4 is 5.32 Å². The Morgan fingerprint density at radius 3 is 2.84 bits per heavy atom. The van der Waals surface area contributed by atoms with Crippen LogP contribution in [0, 0.1) is 5.41 Å². The molecule has 1 aliphatic carbocycles. The predicted molar refractivity (Wildman–Crippen MR) is 66.7 cm³/mol. The Morgan fingerprint density at radius 1 is 1.58 bits per heavy atom. The highest BCUT2D eigenvalue weighted by atomic mass is 16.5. The van der Waals surface area contributed by atoms with Gasteiger partial charge in [-0.2, -0.15) is 5.10 Å². The standard InChI is InChI=1S/C12H17N3O4/c1-19-6-5-15-8-9(7-13-15)14-10(16)12(11(17)18)3-2-4-12/h7-8H,2-6H2,1H3,(H,14,16)(H,17,18). The first kappa shape index (κ1) is 13.5. The third-order valence-corrected chi connectivity index (χ3v) is 3.47. The van der Waals surface area contributed by atoms with Crippen molar-refractivity contribution >= 4 is 17.6 Å². The van der Waals surface area contributed by atoms with E-state index < -0.39 is 17.3 Å². The van der Waals surface area contributed by atoms with Gasteiger partial charge in [-0.3, -0.25) is 14.3 Å². The Bertz CT molecular complexity index is 479. The molecule has 0 atom stereocenters. The minimum atomic E-state index is -1.26. The fourth-order valence-electron chi connectivity index (χ4n) is 2.05. The molecule has 0 radical (unpaired) electrons. The summed E-state index contributed by atoms with van der Waals surface area (Å²) in [4.78, 5) is 23.2. The minimum Gasteiger partial charge on any atom is -0.480 e. The Morgan fingerprint density at radius 2 is 2.32 bits per heavy atom. The average molecular weight is 267 g/mol. The molecule has 0 aliphatic heterocycles. The highest BCUT2D eigenvalue weighted by Crippen LogP contribution is 2.42. The van der Waals surface area contributed by atoms with Crippen LogP contribution in [0.15, 0.2) is 12.4 Å². The molecule has 1 heterocycles. The van der Waals surface area contributed by atoms with Crippen molar-refractivity contribution < 1.29 is 19.4 Å². The predicted octanol–water partition coefficient (Wildman–Crippen LogP) is 0.723. The second-order valence-electron chi connectivity index (χ2n) is 4.68. The Hall–Kier alpha value is -1.89. The first-order chi connectivity index (χ1) is 9.08. The number of hydrogen-bond acceptors (Lipinski definition) is 4. The Labute approximate surface area is 110 Å². The van der Waals surface area contributed by atoms with Crippen molar-refractivity contribution in [2.24, 2.45) is 5.41 Å². The van der Waals surface area contributed by atoms with Crippen LogP contribution in [-0.2, 0) is 20.9 Å². The molecule has 1 fully saturated rings. The summed E-state index contributed by atoms with van der Waals surface area (Å²) in [6.45, 7) is 1.10. The molecule has 0 saturated heterocycles. The summed E-state index contributed by atoms with van der Waals surface area (Å²) >= 11 is 0. The molecule has 0 bridgehead atoms. The lowest BCUT2D eigenvalue weighted by Crippen LogP contribution is -2.48. The number of aliphatic carboxylic acids is 1. The van der Waals surface area contributed by atoms with Crippen LogP contribution in [0.5, 0.6) is 0 Å².